The SMILES string of the molecule is COC(=O)C1=C(C2CC2)NC(C)=C(C(C)=O)C1c1csc2c(C#N)cccc12. The number of hydrogen-bond donors (Lipinski definition) is 1. The number of Topliss-reactive ketones (excluding diaryl/α,β-unsaturated/α-hetero) is 1. The Morgan fingerprint density at radius 2 is 2.04 bits per heavy atom. The number of nitrogens with zero attached hydrogens (tertiary/aromatic N) is 1. The molecule has 1 N–H and O–H groups in total. The summed E-state index contributed by atoms with van der Waals surface area (Å²) in [6, 6.07) is 7.80. The van der Waals surface area contributed by atoms with Gasteiger partial charge in [-0.1, -0.05) is 12.1 Å². The Morgan fingerprint density at radius 1 is 1.29 bits per heavy atom. The molecule has 0 spiro atoms. The molecular weight excluding hydrogens is 372 g/mol. The lowest BCUT2D eigenvalue weighted by Crippen LogP contribution is -2.32. The summed E-state index contributed by atoms with van der Waals surface area (Å²) in [5.74, 6) is -0.701. The van der Waals surface area contributed by atoms with E-state index in [-0.39, 0.29) is 5.78 Å². The van der Waals surface area contributed by atoms with Crippen molar-refractivity contribution in [3.8, 4) is 6.07 Å². The minimum Gasteiger partial charge on any atom is -0.466 e. The summed E-state index contributed by atoms with van der Waals surface area (Å²) in [5, 5.41) is 15.6. The topological polar surface area (TPSA) is 79.2 Å². The van der Waals surface area contributed by atoms with Gasteiger partial charge in [0.05, 0.1) is 22.9 Å². The number of esters is 1. The maximum absolute atomic E-state index is 12.8. The van der Waals surface area contributed by atoms with Crippen molar-refractivity contribution in [3.05, 3.63) is 57.2 Å². The van der Waals surface area contributed by atoms with Crippen molar-refractivity contribution in [2.45, 2.75) is 32.6 Å². The van der Waals surface area contributed by atoms with Gasteiger partial charge in [-0.2, -0.15) is 5.26 Å². The van der Waals surface area contributed by atoms with Crippen LogP contribution in [0, 0.1) is 17.2 Å². The van der Waals surface area contributed by atoms with Crippen LogP contribution in [-0.2, 0) is 14.3 Å². The second kappa shape index (κ2) is 6.92. The van der Waals surface area contributed by atoms with Gasteiger partial charge in [-0.15, -0.1) is 11.3 Å². The molecule has 1 fully saturated rings. The largest absolute Gasteiger partial charge is 0.466 e. The van der Waals surface area contributed by atoms with Crippen LogP contribution in [0.15, 0.2) is 46.1 Å². The van der Waals surface area contributed by atoms with Crippen LogP contribution in [0.1, 0.15) is 43.7 Å². The average molecular weight is 392 g/mol. The molecule has 0 amide bonds. The van der Waals surface area contributed by atoms with E-state index in [1.54, 1.807) is 6.07 Å². The van der Waals surface area contributed by atoms with E-state index in [1.807, 2.05) is 24.4 Å². The highest BCUT2D eigenvalue weighted by Gasteiger charge is 2.42. The lowest BCUT2D eigenvalue weighted by Gasteiger charge is -2.31. The summed E-state index contributed by atoms with van der Waals surface area (Å²) in [5.41, 5.74) is 4.22. The van der Waals surface area contributed by atoms with Gasteiger partial charge >= 0.3 is 5.97 Å². The van der Waals surface area contributed by atoms with Crippen molar-refractivity contribution in [2.24, 2.45) is 5.92 Å². The predicted molar refractivity (Wildman–Crippen MR) is 108 cm³/mol. The number of rotatable bonds is 4. The van der Waals surface area contributed by atoms with E-state index in [1.165, 1.54) is 25.4 Å². The maximum atomic E-state index is 12.8. The van der Waals surface area contributed by atoms with Crippen LogP contribution < -0.4 is 5.32 Å². The number of allylic oxidation sites excluding steroid dienone is 3. The van der Waals surface area contributed by atoms with E-state index in [9.17, 15) is 14.9 Å². The third kappa shape index (κ3) is 2.83. The van der Waals surface area contributed by atoms with E-state index in [2.05, 4.69) is 11.4 Å². The fraction of sp³-hybridized carbons (Fsp3) is 0.318. The molecule has 0 bridgehead atoms. The van der Waals surface area contributed by atoms with Crippen molar-refractivity contribution in [1.82, 2.24) is 5.32 Å². The summed E-state index contributed by atoms with van der Waals surface area (Å²) < 4.78 is 6.00. The quantitative estimate of drug-likeness (QED) is 0.791. The lowest BCUT2D eigenvalue weighted by atomic mass is 9.78. The smallest absolute Gasteiger partial charge is 0.336 e. The molecule has 1 atom stereocenters. The Hall–Kier alpha value is -2.91. The molecule has 28 heavy (non-hydrogen) atoms. The first-order valence-corrected chi connectivity index (χ1v) is 10.1. The molecule has 5 nitrogen and oxygen atoms in total. The number of nitrogens with one attached hydrogen (secondary N) is 1. The Kier molecular flexibility index (Phi) is 4.56. The van der Waals surface area contributed by atoms with E-state index in [0.717, 1.165) is 39.9 Å². The van der Waals surface area contributed by atoms with Gasteiger partial charge in [-0.05, 0) is 55.0 Å². The number of benzene rings is 1. The van der Waals surface area contributed by atoms with Crippen molar-refractivity contribution in [2.75, 3.05) is 7.11 Å². The minimum absolute atomic E-state index is 0.0814. The van der Waals surface area contributed by atoms with Gasteiger partial charge in [0.2, 0.25) is 0 Å². The maximum Gasteiger partial charge on any atom is 0.336 e. The fourth-order valence-corrected chi connectivity index (χ4v) is 5.11. The average Bonchev–Trinajstić information content (AvgIpc) is 3.44. The summed E-state index contributed by atoms with van der Waals surface area (Å²) >= 11 is 1.47. The number of ketones is 1. The van der Waals surface area contributed by atoms with Crippen LogP contribution in [0.4, 0.5) is 0 Å². The summed E-state index contributed by atoms with van der Waals surface area (Å²) in [7, 11) is 1.37. The molecular formula is C22H20N2O3S. The Bertz CT molecular complexity index is 1110. The molecule has 2 heterocycles. The number of ether oxygens (including phenoxy) is 1. The van der Waals surface area contributed by atoms with Crippen molar-refractivity contribution in [1.29, 1.82) is 5.26 Å². The molecule has 142 valence electrons. The van der Waals surface area contributed by atoms with Gasteiger partial charge in [0.15, 0.2) is 5.78 Å². The number of methoxy groups -OCH3 is 1. The minimum atomic E-state index is -0.496. The molecule has 1 aromatic heterocycles. The highest BCUT2D eigenvalue weighted by molar-refractivity contribution is 7.17. The number of thiophene rings is 1. The van der Waals surface area contributed by atoms with E-state index >= 15 is 0 Å². The molecule has 1 aliphatic heterocycles. The summed E-state index contributed by atoms with van der Waals surface area (Å²) in [6.45, 7) is 3.41. The molecule has 2 aliphatic rings. The van der Waals surface area contributed by atoms with E-state index in [4.69, 9.17) is 4.74 Å². The molecule has 1 aliphatic carbocycles. The first kappa shape index (κ1) is 18.5. The zero-order valence-electron chi connectivity index (χ0n) is 16.0. The van der Waals surface area contributed by atoms with Crippen LogP contribution in [0.25, 0.3) is 10.1 Å². The third-order valence-corrected chi connectivity index (χ3v) is 6.47. The Balaban J connectivity index is 2.01. The van der Waals surface area contributed by atoms with Crippen LogP contribution in [0.5, 0.6) is 0 Å². The number of fused-ring (bicyclic) bond motifs is 1. The van der Waals surface area contributed by atoms with Crippen LogP contribution in [-0.4, -0.2) is 18.9 Å². The summed E-state index contributed by atoms with van der Waals surface area (Å²) in [6.07, 6.45) is 2.03. The molecule has 1 aromatic carbocycles. The number of carbonyl (C=O) groups excluding carboxylic acids is 2. The molecule has 0 radical (unpaired) electrons. The van der Waals surface area contributed by atoms with Crippen molar-refractivity contribution >= 4 is 33.2 Å². The highest BCUT2D eigenvalue weighted by atomic mass is 32.1. The lowest BCUT2D eigenvalue weighted by molar-refractivity contribution is -0.136. The predicted octanol–water partition coefficient (Wildman–Crippen LogP) is 4.16. The van der Waals surface area contributed by atoms with Gasteiger partial charge in [0, 0.05) is 22.9 Å². The Morgan fingerprint density at radius 3 is 2.64 bits per heavy atom. The second-order valence-corrected chi connectivity index (χ2v) is 8.11. The van der Waals surface area contributed by atoms with Gasteiger partial charge in [-0.25, -0.2) is 4.79 Å². The number of hydrogen-bond acceptors (Lipinski definition) is 6. The zero-order valence-corrected chi connectivity index (χ0v) is 16.8. The molecule has 1 unspecified atom stereocenters. The molecule has 1 saturated carbocycles. The van der Waals surface area contributed by atoms with Crippen molar-refractivity contribution < 1.29 is 14.3 Å². The molecule has 6 heteroatoms. The monoisotopic (exact) mass is 392 g/mol. The molecule has 0 saturated heterocycles. The number of nitriles is 1. The van der Waals surface area contributed by atoms with E-state index < -0.39 is 11.9 Å². The Labute approximate surface area is 167 Å². The molecule has 4 rings (SSSR count). The molecule has 2 aromatic rings. The highest BCUT2D eigenvalue weighted by Crippen LogP contribution is 2.48. The third-order valence-electron chi connectivity index (χ3n) is 5.43. The van der Waals surface area contributed by atoms with Gasteiger partial charge in [0.1, 0.15) is 6.07 Å². The number of carbonyl (C=O) groups is 2. The second-order valence-electron chi connectivity index (χ2n) is 7.23. The van der Waals surface area contributed by atoms with Gasteiger partial charge in [-0.3, -0.25) is 4.79 Å². The van der Waals surface area contributed by atoms with E-state index in [0.29, 0.717) is 22.6 Å². The standard InChI is InChI=1S/C22H20N2O3S/c1-11-17(12(2)25)18(19(22(26)27-3)20(24-11)13-7-8-13)16-10-28-21-14(9-23)5-4-6-15(16)21/h4-6,10,13,18,24H,7-8H2,1-3H3. The first-order chi connectivity index (χ1) is 13.5. The van der Waals surface area contributed by atoms with Crippen molar-refractivity contribution in [3.63, 3.8) is 0 Å². The summed E-state index contributed by atoms with van der Waals surface area (Å²) in [4.78, 5) is 25.4. The zero-order chi connectivity index (χ0) is 20.0. The normalized spacial score (nSPS) is 19.4. The van der Waals surface area contributed by atoms with Gasteiger partial charge < -0.3 is 10.1 Å². The number of dihydropyridines is 1. The van der Waals surface area contributed by atoms with Gasteiger partial charge in [0.25, 0.3) is 0 Å². The van der Waals surface area contributed by atoms with Crippen LogP contribution in [0.3, 0.4) is 0 Å². The van der Waals surface area contributed by atoms with Crippen LogP contribution >= 0.6 is 11.3 Å². The first-order valence-electron chi connectivity index (χ1n) is 9.19. The fourth-order valence-electron chi connectivity index (χ4n) is 4.05. The van der Waals surface area contributed by atoms with Crippen LogP contribution in [0.2, 0.25) is 0 Å².